The first-order valence-electron chi connectivity index (χ1n) is 7.05. The van der Waals surface area contributed by atoms with E-state index in [0.29, 0.717) is 11.4 Å². The van der Waals surface area contributed by atoms with Crippen LogP contribution in [0, 0.1) is 5.82 Å². The van der Waals surface area contributed by atoms with Crippen molar-refractivity contribution < 1.29 is 4.39 Å². The fourth-order valence-electron chi connectivity index (χ4n) is 1.92. The van der Waals surface area contributed by atoms with Crippen molar-refractivity contribution in [2.24, 2.45) is 0 Å². The molecule has 0 heterocycles. The number of rotatable bonds is 7. The van der Waals surface area contributed by atoms with Crippen LogP contribution in [0.1, 0.15) is 24.5 Å². The van der Waals surface area contributed by atoms with Crippen molar-refractivity contribution >= 4 is 23.4 Å². The molecule has 112 valence electrons. The standard InChI is InChI=1S/C17H19ClFNS/c1-2-9-20-11-14-5-8-17(16(19)10-14)21-12-13-3-6-15(18)7-4-13/h3-8,10,20H,2,9,11-12H2,1H3. The summed E-state index contributed by atoms with van der Waals surface area (Å²) in [6.07, 6.45) is 1.08. The molecule has 0 amide bonds. The molecule has 2 aromatic rings. The lowest BCUT2D eigenvalue weighted by molar-refractivity contribution is 0.595. The molecule has 0 unspecified atom stereocenters. The predicted octanol–water partition coefficient (Wildman–Crippen LogP) is 5.27. The van der Waals surface area contributed by atoms with Crippen LogP contribution in [0.5, 0.6) is 0 Å². The SMILES string of the molecule is CCCNCc1ccc(SCc2ccc(Cl)cc2)c(F)c1. The minimum Gasteiger partial charge on any atom is -0.313 e. The van der Waals surface area contributed by atoms with Gasteiger partial charge in [-0.2, -0.15) is 0 Å². The molecule has 0 saturated heterocycles. The van der Waals surface area contributed by atoms with Crippen molar-refractivity contribution in [3.8, 4) is 0 Å². The summed E-state index contributed by atoms with van der Waals surface area (Å²) in [6.45, 7) is 3.78. The fourth-order valence-corrected chi connectivity index (χ4v) is 2.92. The Morgan fingerprint density at radius 2 is 1.81 bits per heavy atom. The smallest absolute Gasteiger partial charge is 0.137 e. The zero-order chi connectivity index (χ0) is 15.1. The van der Waals surface area contributed by atoms with Gasteiger partial charge < -0.3 is 5.32 Å². The molecular formula is C17H19ClFNS. The van der Waals surface area contributed by atoms with Crippen LogP contribution in [0.4, 0.5) is 4.39 Å². The van der Waals surface area contributed by atoms with Crippen LogP contribution in [0.2, 0.25) is 5.02 Å². The summed E-state index contributed by atoms with van der Waals surface area (Å²) >= 11 is 7.36. The topological polar surface area (TPSA) is 12.0 Å². The summed E-state index contributed by atoms with van der Waals surface area (Å²) in [5.41, 5.74) is 2.12. The molecule has 0 saturated carbocycles. The molecule has 4 heteroatoms. The van der Waals surface area contributed by atoms with Crippen LogP contribution in [-0.2, 0) is 12.3 Å². The van der Waals surface area contributed by atoms with Gasteiger partial charge in [0.1, 0.15) is 5.82 Å². The zero-order valence-electron chi connectivity index (χ0n) is 12.0. The lowest BCUT2D eigenvalue weighted by Crippen LogP contribution is -2.13. The Kier molecular flexibility index (Phi) is 6.55. The number of nitrogens with one attached hydrogen (secondary N) is 1. The molecule has 0 aliphatic rings. The molecule has 21 heavy (non-hydrogen) atoms. The van der Waals surface area contributed by atoms with Crippen molar-refractivity contribution in [3.63, 3.8) is 0 Å². The molecule has 0 atom stereocenters. The van der Waals surface area contributed by atoms with Crippen molar-refractivity contribution in [1.29, 1.82) is 0 Å². The summed E-state index contributed by atoms with van der Waals surface area (Å²) in [6, 6.07) is 13.1. The Hall–Kier alpha value is -1.03. The zero-order valence-corrected chi connectivity index (χ0v) is 13.6. The van der Waals surface area contributed by atoms with Gasteiger partial charge in [0, 0.05) is 22.2 Å². The van der Waals surface area contributed by atoms with Gasteiger partial charge in [0.15, 0.2) is 0 Å². The monoisotopic (exact) mass is 323 g/mol. The van der Waals surface area contributed by atoms with E-state index >= 15 is 0 Å². The second-order valence-electron chi connectivity index (χ2n) is 4.86. The van der Waals surface area contributed by atoms with E-state index in [9.17, 15) is 4.39 Å². The van der Waals surface area contributed by atoms with Gasteiger partial charge in [-0.05, 0) is 48.4 Å². The van der Waals surface area contributed by atoms with E-state index in [0.717, 1.165) is 34.9 Å². The summed E-state index contributed by atoms with van der Waals surface area (Å²) in [5, 5.41) is 4.00. The maximum Gasteiger partial charge on any atom is 0.137 e. The number of benzene rings is 2. The summed E-state index contributed by atoms with van der Waals surface area (Å²) in [5.74, 6) is 0.589. The Labute approximate surface area is 134 Å². The maximum atomic E-state index is 14.1. The van der Waals surface area contributed by atoms with Crippen LogP contribution in [0.15, 0.2) is 47.4 Å². The van der Waals surface area contributed by atoms with Gasteiger partial charge in [-0.1, -0.05) is 36.7 Å². The third-order valence-electron chi connectivity index (χ3n) is 3.06. The van der Waals surface area contributed by atoms with Crippen molar-refractivity contribution in [1.82, 2.24) is 5.32 Å². The summed E-state index contributed by atoms with van der Waals surface area (Å²) < 4.78 is 14.1. The van der Waals surface area contributed by atoms with Crippen LogP contribution in [0.25, 0.3) is 0 Å². The lowest BCUT2D eigenvalue weighted by atomic mass is 10.2. The second kappa shape index (κ2) is 8.42. The first kappa shape index (κ1) is 16.3. The first-order chi connectivity index (χ1) is 10.2. The molecule has 0 fully saturated rings. The molecule has 0 radical (unpaired) electrons. The third kappa shape index (κ3) is 5.34. The van der Waals surface area contributed by atoms with E-state index in [1.165, 1.54) is 11.8 Å². The number of halogens is 2. The Balaban J connectivity index is 1.92. The molecule has 0 aliphatic heterocycles. The molecular weight excluding hydrogens is 305 g/mol. The number of hydrogen-bond donors (Lipinski definition) is 1. The van der Waals surface area contributed by atoms with Gasteiger partial charge in [-0.3, -0.25) is 0 Å². The van der Waals surface area contributed by atoms with Gasteiger partial charge in [0.25, 0.3) is 0 Å². The largest absolute Gasteiger partial charge is 0.313 e. The second-order valence-corrected chi connectivity index (χ2v) is 6.31. The van der Waals surface area contributed by atoms with Crippen LogP contribution in [0.3, 0.4) is 0 Å². The van der Waals surface area contributed by atoms with E-state index in [-0.39, 0.29) is 5.82 Å². The molecule has 0 aliphatic carbocycles. The van der Waals surface area contributed by atoms with Crippen molar-refractivity contribution in [2.45, 2.75) is 30.5 Å². The lowest BCUT2D eigenvalue weighted by Gasteiger charge is -2.07. The van der Waals surface area contributed by atoms with Gasteiger partial charge in [-0.25, -0.2) is 4.39 Å². The maximum absolute atomic E-state index is 14.1. The normalized spacial score (nSPS) is 10.8. The summed E-state index contributed by atoms with van der Waals surface area (Å²) in [7, 11) is 0. The van der Waals surface area contributed by atoms with Gasteiger partial charge >= 0.3 is 0 Å². The van der Waals surface area contributed by atoms with Gasteiger partial charge in [0.05, 0.1) is 0 Å². The molecule has 0 bridgehead atoms. The van der Waals surface area contributed by atoms with Crippen LogP contribution >= 0.6 is 23.4 Å². The molecule has 1 nitrogen and oxygen atoms in total. The number of hydrogen-bond acceptors (Lipinski definition) is 2. The van der Waals surface area contributed by atoms with E-state index in [4.69, 9.17) is 11.6 Å². The summed E-state index contributed by atoms with van der Waals surface area (Å²) in [4.78, 5) is 0.684. The van der Waals surface area contributed by atoms with E-state index in [1.54, 1.807) is 6.07 Å². The quantitative estimate of drug-likeness (QED) is 0.550. The minimum absolute atomic E-state index is 0.148. The number of thioether (sulfide) groups is 1. The van der Waals surface area contributed by atoms with E-state index in [2.05, 4.69) is 12.2 Å². The molecule has 1 N–H and O–H groups in total. The highest BCUT2D eigenvalue weighted by molar-refractivity contribution is 7.98. The van der Waals surface area contributed by atoms with Crippen LogP contribution < -0.4 is 5.32 Å². The fraction of sp³-hybridized carbons (Fsp3) is 0.294. The molecule has 0 aromatic heterocycles. The average Bonchev–Trinajstić information content (AvgIpc) is 2.48. The highest BCUT2D eigenvalue weighted by Gasteiger charge is 2.05. The molecule has 2 rings (SSSR count). The third-order valence-corrected chi connectivity index (χ3v) is 4.43. The first-order valence-corrected chi connectivity index (χ1v) is 8.42. The Morgan fingerprint density at radius 3 is 2.48 bits per heavy atom. The Bertz CT molecular complexity index is 572. The minimum atomic E-state index is -0.148. The molecule has 2 aromatic carbocycles. The highest BCUT2D eigenvalue weighted by Crippen LogP contribution is 2.26. The Morgan fingerprint density at radius 1 is 1.10 bits per heavy atom. The van der Waals surface area contributed by atoms with Gasteiger partial charge in [0.2, 0.25) is 0 Å². The van der Waals surface area contributed by atoms with Crippen molar-refractivity contribution in [3.05, 3.63) is 64.4 Å². The van der Waals surface area contributed by atoms with Gasteiger partial charge in [-0.15, -0.1) is 11.8 Å². The highest BCUT2D eigenvalue weighted by atomic mass is 35.5. The van der Waals surface area contributed by atoms with E-state index < -0.39 is 0 Å². The van der Waals surface area contributed by atoms with Crippen molar-refractivity contribution in [2.75, 3.05) is 6.54 Å². The average molecular weight is 324 g/mol. The predicted molar refractivity (Wildman–Crippen MR) is 89.4 cm³/mol. The molecule has 0 spiro atoms. The van der Waals surface area contributed by atoms with Crippen LogP contribution in [-0.4, -0.2) is 6.54 Å². The van der Waals surface area contributed by atoms with E-state index in [1.807, 2.05) is 36.4 Å².